The summed E-state index contributed by atoms with van der Waals surface area (Å²) in [4.78, 5) is 38.6. The first kappa shape index (κ1) is 28.8. The smallest absolute Gasteiger partial charge is 0.273 e. The van der Waals surface area contributed by atoms with Gasteiger partial charge in [0, 0.05) is 6.61 Å². The Bertz CT molecular complexity index is 1240. The largest absolute Gasteiger partial charge is 0.368 e. The van der Waals surface area contributed by atoms with Gasteiger partial charge in [-0.1, -0.05) is 93.6 Å². The molecule has 8 nitrogen and oxygen atoms in total. The predicted octanol–water partition coefficient (Wildman–Crippen LogP) is 3.54. The second-order valence-corrected chi connectivity index (χ2v) is 10.6. The van der Waals surface area contributed by atoms with Crippen molar-refractivity contribution in [2.75, 3.05) is 6.61 Å². The number of fused-ring (bicyclic) bond motifs is 1. The van der Waals surface area contributed by atoms with Gasteiger partial charge in [-0.05, 0) is 46.6 Å². The van der Waals surface area contributed by atoms with Crippen molar-refractivity contribution in [3.63, 3.8) is 0 Å². The molecular weight excluding hydrogens is 482 g/mol. The van der Waals surface area contributed by atoms with Crippen molar-refractivity contribution in [1.29, 1.82) is 0 Å². The highest BCUT2D eigenvalue weighted by molar-refractivity contribution is 5.92. The number of hydroxylamine groups is 1. The molecule has 0 bridgehead atoms. The maximum absolute atomic E-state index is 13.6. The molecule has 0 aliphatic heterocycles. The van der Waals surface area contributed by atoms with Crippen LogP contribution in [-0.2, 0) is 32.0 Å². The van der Waals surface area contributed by atoms with Crippen LogP contribution in [-0.4, -0.2) is 41.7 Å². The van der Waals surface area contributed by atoms with E-state index >= 15 is 0 Å². The predicted molar refractivity (Wildman–Crippen MR) is 146 cm³/mol. The Morgan fingerprint density at radius 2 is 1.55 bits per heavy atom. The lowest BCUT2D eigenvalue weighted by Gasteiger charge is -2.32. The maximum atomic E-state index is 13.6. The lowest BCUT2D eigenvalue weighted by Crippen LogP contribution is -2.56. The van der Waals surface area contributed by atoms with Crippen LogP contribution in [0.3, 0.4) is 0 Å². The number of benzene rings is 3. The number of hydrogen-bond acceptors (Lipinski definition) is 5. The molecule has 3 rings (SSSR count). The third-order valence-corrected chi connectivity index (χ3v) is 6.53. The quantitative estimate of drug-likeness (QED) is 0.165. The molecule has 0 aliphatic carbocycles. The number of carbonyl (C=O) groups excluding carboxylic acids is 3. The van der Waals surface area contributed by atoms with Crippen molar-refractivity contribution in [2.45, 2.75) is 52.2 Å². The summed E-state index contributed by atoms with van der Waals surface area (Å²) in [7, 11) is 0. The van der Waals surface area contributed by atoms with Crippen molar-refractivity contribution >= 4 is 28.5 Å². The molecule has 0 heterocycles. The average molecular weight is 520 g/mol. The summed E-state index contributed by atoms with van der Waals surface area (Å²) in [5.74, 6) is -3.11. The minimum Gasteiger partial charge on any atom is -0.368 e. The fourth-order valence-corrected chi connectivity index (χ4v) is 4.49. The van der Waals surface area contributed by atoms with E-state index in [1.807, 2.05) is 72.8 Å². The minimum absolute atomic E-state index is 0.142. The molecule has 0 unspecified atom stereocenters. The van der Waals surface area contributed by atoms with E-state index in [4.69, 9.17) is 10.5 Å². The van der Waals surface area contributed by atoms with Crippen molar-refractivity contribution in [1.82, 2.24) is 10.8 Å². The molecule has 0 aromatic heterocycles. The van der Waals surface area contributed by atoms with Gasteiger partial charge < -0.3 is 15.8 Å². The first-order valence-electron chi connectivity index (χ1n) is 12.8. The molecule has 3 aromatic carbocycles. The maximum Gasteiger partial charge on any atom is 0.273 e. The minimum atomic E-state index is -1.30. The standard InChI is InChI=1S/C30H37N3O5/c1-30(2,3)26(27(31)34)32-28(35)24(19-21-15-16-22-13-7-8-14-23(22)18-21)25(29(36)33-37)38-17-9-12-20-10-5-4-6-11-20/h4-8,10-11,13-16,18,24-26,37H,9,12,17,19H2,1-3H3,(H2,31,34)(H,32,35)(H,33,36)/t24-,25+,26-/m1/s1. The molecule has 0 aliphatic rings. The number of nitrogens with two attached hydrogens (primary N) is 1. The van der Waals surface area contributed by atoms with Crippen LogP contribution in [0.2, 0.25) is 0 Å². The number of nitrogens with one attached hydrogen (secondary N) is 2. The molecule has 0 radical (unpaired) electrons. The number of amides is 3. The molecule has 0 fully saturated rings. The van der Waals surface area contributed by atoms with Crippen LogP contribution in [0.15, 0.2) is 72.8 Å². The highest BCUT2D eigenvalue weighted by atomic mass is 16.5. The molecular formula is C30H37N3O5. The molecule has 3 atom stereocenters. The Morgan fingerprint density at radius 1 is 0.895 bits per heavy atom. The monoisotopic (exact) mass is 519 g/mol. The van der Waals surface area contributed by atoms with Crippen molar-refractivity contribution in [3.05, 3.63) is 83.9 Å². The molecule has 8 heteroatoms. The summed E-state index contributed by atoms with van der Waals surface area (Å²) in [5, 5.41) is 14.3. The second-order valence-electron chi connectivity index (χ2n) is 10.6. The molecule has 3 aromatic rings. The molecule has 3 amide bonds. The first-order valence-corrected chi connectivity index (χ1v) is 12.8. The average Bonchev–Trinajstić information content (AvgIpc) is 2.90. The van der Waals surface area contributed by atoms with Gasteiger partial charge in [-0.3, -0.25) is 19.6 Å². The Hall–Kier alpha value is -3.75. The Kier molecular flexibility index (Phi) is 9.98. The van der Waals surface area contributed by atoms with Crippen LogP contribution in [0.4, 0.5) is 0 Å². The van der Waals surface area contributed by atoms with Gasteiger partial charge in [0.2, 0.25) is 11.8 Å². The van der Waals surface area contributed by atoms with Gasteiger partial charge in [-0.2, -0.15) is 0 Å². The van der Waals surface area contributed by atoms with E-state index in [9.17, 15) is 19.6 Å². The number of carbonyl (C=O) groups is 3. The van der Waals surface area contributed by atoms with Gasteiger partial charge in [-0.25, -0.2) is 5.48 Å². The Balaban J connectivity index is 1.87. The van der Waals surface area contributed by atoms with Crippen LogP contribution in [0.25, 0.3) is 10.8 Å². The number of primary amides is 1. The fraction of sp³-hybridized carbons (Fsp3) is 0.367. The van der Waals surface area contributed by atoms with Gasteiger partial charge in [0.15, 0.2) is 0 Å². The zero-order chi connectivity index (χ0) is 27.7. The lowest BCUT2D eigenvalue weighted by atomic mass is 9.85. The Morgan fingerprint density at radius 3 is 2.18 bits per heavy atom. The summed E-state index contributed by atoms with van der Waals surface area (Å²) in [6, 6.07) is 22.5. The fourth-order valence-electron chi connectivity index (χ4n) is 4.49. The Labute approximate surface area is 223 Å². The van der Waals surface area contributed by atoms with Gasteiger partial charge in [0.1, 0.15) is 12.1 Å². The van der Waals surface area contributed by atoms with E-state index in [2.05, 4.69) is 5.32 Å². The van der Waals surface area contributed by atoms with Crippen molar-refractivity contribution in [3.8, 4) is 0 Å². The molecule has 0 saturated heterocycles. The lowest BCUT2D eigenvalue weighted by molar-refractivity contribution is -0.151. The van der Waals surface area contributed by atoms with E-state index in [-0.39, 0.29) is 13.0 Å². The zero-order valence-corrected chi connectivity index (χ0v) is 22.1. The van der Waals surface area contributed by atoms with Gasteiger partial charge >= 0.3 is 0 Å². The van der Waals surface area contributed by atoms with Gasteiger partial charge in [0.05, 0.1) is 5.92 Å². The highest BCUT2D eigenvalue weighted by Crippen LogP contribution is 2.24. The van der Waals surface area contributed by atoms with E-state index in [0.717, 1.165) is 28.3 Å². The van der Waals surface area contributed by atoms with E-state index in [1.54, 1.807) is 26.3 Å². The van der Waals surface area contributed by atoms with Crippen LogP contribution in [0, 0.1) is 11.3 Å². The summed E-state index contributed by atoms with van der Waals surface area (Å²) in [6.07, 6.45) is 0.179. The summed E-state index contributed by atoms with van der Waals surface area (Å²) in [5.41, 5.74) is 8.52. The summed E-state index contributed by atoms with van der Waals surface area (Å²) < 4.78 is 5.94. The SMILES string of the molecule is CC(C)(C)[C@H](NC(=O)[C@H](Cc1ccc2ccccc2c1)[C@H](OCCCc1ccccc1)C(=O)NO)C(N)=O. The summed E-state index contributed by atoms with van der Waals surface area (Å²) in [6.45, 7) is 5.56. The van der Waals surface area contributed by atoms with Gasteiger partial charge in [0.25, 0.3) is 5.91 Å². The first-order chi connectivity index (χ1) is 18.1. The van der Waals surface area contributed by atoms with Crippen LogP contribution in [0.5, 0.6) is 0 Å². The van der Waals surface area contributed by atoms with E-state index in [1.165, 1.54) is 0 Å². The van der Waals surface area contributed by atoms with E-state index < -0.39 is 41.2 Å². The van der Waals surface area contributed by atoms with Crippen LogP contribution < -0.4 is 16.5 Å². The second kappa shape index (κ2) is 13.2. The normalized spacial score (nSPS) is 13.9. The van der Waals surface area contributed by atoms with Crippen LogP contribution in [0.1, 0.15) is 38.3 Å². The topological polar surface area (TPSA) is 131 Å². The number of aryl methyl sites for hydroxylation is 1. The third-order valence-electron chi connectivity index (χ3n) is 6.53. The molecule has 0 saturated carbocycles. The van der Waals surface area contributed by atoms with E-state index in [0.29, 0.717) is 6.42 Å². The number of ether oxygens (including phenoxy) is 1. The molecule has 38 heavy (non-hydrogen) atoms. The highest BCUT2D eigenvalue weighted by Gasteiger charge is 2.39. The van der Waals surface area contributed by atoms with Crippen LogP contribution >= 0.6 is 0 Å². The number of hydrogen-bond donors (Lipinski definition) is 4. The van der Waals surface area contributed by atoms with Crippen molar-refractivity contribution in [2.24, 2.45) is 17.1 Å². The van der Waals surface area contributed by atoms with Gasteiger partial charge in [-0.15, -0.1) is 0 Å². The molecule has 202 valence electrons. The van der Waals surface area contributed by atoms with Crippen molar-refractivity contribution < 1.29 is 24.3 Å². The number of rotatable bonds is 12. The zero-order valence-electron chi connectivity index (χ0n) is 22.1. The summed E-state index contributed by atoms with van der Waals surface area (Å²) >= 11 is 0. The molecule has 0 spiro atoms. The third kappa shape index (κ3) is 7.87. The molecule has 5 N–H and O–H groups in total.